The molecule has 0 radical (unpaired) electrons. The van der Waals surface area contributed by atoms with E-state index in [0.29, 0.717) is 10.4 Å². The average Bonchev–Trinajstić information content (AvgIpc) is 2.87. The molecule has 0 aliphatic rings. The molecule has 0 spiro atoms. The van der Waals surface area contributed by atoms with Crippen molar-refractivity contribution in [3.05, 3.63) is 59.5 Å². The number of benzene rings is 1. The minimum atomic E-state index is -0.757. The van der Waals surface area contributed by atoms with Gasteiger partial charge in [0.2, 0.25) is 5.78 Å². The van der Waals surface area contributed by atoms with Gasteiger partial charge in [-0.25, -0.2) is 4.79 Å². The fraction of sp³-hybridized carbons (Fsp3) is 0.133. The number of carbonyl (C=O) groups is 1. The van der Waals surface area contributed by atoms with Crippen LogP contribution >= 0.6 is 34.5 Å². The van der Waals surface area contributed by atoms with E-state index in [1.165, 1.54) is 14.1 Å². The predicted octanol–water partition coefficient (Wildman–Crippen LogP) is 2.42. The van der Waals surface area contributed by atoms with E-state index in [1.54, 1.807) is 18.2 Å². The second kappa shape index (κ2) is 5.77. The van der Waals surface area contributed by atoms with Crippen LogP contribution in [0.2, 0.25) is 10.0 Å². The molecule has 124 valence electrons. The largest absolute Gasteiger partial charge is 0.384 e. The highest BCUT2D eigenvalue weighted by Crippen LogP contribution is 2.37. The number of aromatic nitrogens is 2. The minimum Gasteiger partial charge on any atom is -0.384 e. The zero-order valence-corrected chi connectivity index (χ0v) is 14.9. The van der Waals surface area contributed by atoms with Crippen molar-refractivity contribution < 1.29 is 4.79 Å². The molecule has 9 heteroatoms. The Bertz CT molecular complexity index is 1130. The smallest absolute Gasteiger partial charge is 0.332 e. The third-order valence-electron chi connectivity index (χ3n) is 3.73. The Kier molecular flexibility index (Phi) is 4.03. The Morgan fingerprint density at radius 3 is 2.50 bits per heavy atom. The van der Waals surface area contributed by atoms with E-state index < -0.39 is 17.0 Å². The molecule has 3 rings (SSSR count). The van der Waals surface area contributed by atoms with Crippen LogP contribution in [-0.4, -0.2) is 14.9 Å². The van der Waals surface area contributed by atoms with E-state index in [1.807, 2.05) is 0 Å². The molecule has 0 fully saturated rings. The van der Waals surface area contributed by atoms with Gasteiger partial charge in [-0.05, 0) is 12.1 Å². The number of hydrogen-bond donors (Lipinski definition) is 1. The molecule has 1 aromatic carbocycles. The van der Waals surface area contributed by atoms with Gasteiger partial charge in [0.25, 0.3) is 5.56 Å². The average molecular weight is 384 g/mol. The molecule has 2 heterocycles. The van der Waals surface area contributed by atoms with Crippen LogP contribution in [0.25, 0.3) is 10.1 Å². The second-order valence-electron chi connectivity index (χ2n) is 5.18. The van der Waals surface area contributed by atoms with E-state index >= 15 is 0 Å². The number of nitrogens with zero attached hydrogens (tertiary/aromatic N) is 2. The highest BCUT2D eigenvalue weighted by atomic mass is 35.5. The lowest BCUT2D eigenvalue weighted by atomic mass is 10.1. The number of anilines is 1. The topological polar surface area (TPSA) is 87.1 Å². The maximum Gasteiger partial charge on any atom is 0.332 e. The summed E-state index contributed by atoms with van der Waals surface area (Å²) in [6, 6.07) is 5.05. The Morgan fingerprint density at radius 2 is 1.83 bits per heavy atom. The summed E-state index contributed by atoms with van der Waals surface area (Å²) in [5.41, 5.74) is 4.19. The first kappa shape index (κ1) is 16.8. The molecule has 0 aliphatic carbocycles. The number of hydrogen-bond acceptors (Lipinski definition) is 5. The Hall–Kier alpha value is -2.09. The van der Waals surface area contributed by atoms with Crippen LogP contribution in [0.5, 0.6) is 0 Å². The van der Waals surface area contributed by atoms with Gasteiger partial charge in [0.15, 0.2) is 0 Å². The first-order chi connectivity index (χ1) is 11.2. The van der Waals surface area contributed by atoms with Crippen molar-refractivity contribution in [3.8, 4) is 0 Å². The van der Waals surface area contributed by atoms with Gasteiger partial charge in [0.05, 0.1) is 9.90 Å². The van der Waals surface area contributed by atoms with E-state index in [2.05, 4.69) is 0 Å². The maximum atomic E-state index is 12.9. The molecule has 24 heavy (non-hydrogen) atoms. The third-order valence-corrected chi connectivity index (χ3v) is 5.63. The van der Waals surface area contributed by atoms with Gasteiger partial charge in [0.1, 0.15) is 11.4 Å². The zero-order valence-electron chi connectivity index (χ0n) is 12.6. The molecule has 0 unspecified atom stereocenters. The number of thiophene rings is 1. The number of carbonyl (C=O) groups excluding carboxylic acids is 1. The molecular weight excluding hydrogens is 373 g/mol. The number of rotatable bonds is 2. The standard InChI is InChI=1S/C15H11Cl2N3O3S/c1-19-13(18)9(14(22)20(2)15(19)23)11(21)12-10(17)7-4-3-6(16)5-8(7)24-12/h3-5H,18H2,1-2H3. The lowest BCUT2D eigenvalue weighted by molar-refractivity contribution is 0.104. The molecular formula is C15H11Cl2N3O3S. The molecule has 0 amide bonds. The normalized spacial score (nSPS) is 11.2. The molecule has 2 N–H and O–H groups in total. The van der Waals surface area contributed by atoms with Crippen molar-refractivity contribution in [2.45, 2.75) is 0 Å². The molecule has 0 saturated heterocycles. The van der Waals surface area contributed by atoms with Crippen molar-refractivity contribution in [1.29, 1.82) is 0 Å². The molecule has 0 bridgehead atoms. The highest BCUT2D eigenvalue weighted by Gasteiger charge is 2.26. The van der Waals surface area contributed by atoms with Gasteiger partial charge in [-0.3, -0.25) is 18.7 Å². The van der Waals surface area contributed by atoms with Gasteiger partial charge in [-0.1, -0.05) is 29.3 Å². The van der Waals surface area contributed by atoms with Crippen LogP contribution < -0.4 is 17.0 Å². The monoisotopic (exact) mass is 383 g/mol. The molecule has 3 aromatic rings. The molecule has 6 nitrogen and oxygen atoms in total. The first-order valence-corrected chi connectivity index (χ1v) is 8.29. The summed E-state index contributed by atoms with van der Waals surface area (Å²) < 4.78 is 2.60. The number of fused-ring (bicyclic) bond motifs is 1. The number of nitrogens with two attached hydrogens (primary N) is 1. The van der Waals surface area contributed by atoms with E-state index in [4.69, 9.17) is 28.9 Å². The number of halogens is 2. The van der Waals surface area contributed by atoms with E-state index in [0.717, 1.165) is 25.2 Å². The summed E-state index contributed by atoms with van der Waals surface area (Å²) in [4.78, 5) is 37.3. The highest BCUT2D eigenvalue weighted by molar-refractivity contribution is 7.21. The summed E-state index contributed by atoms with van der Waals surface area (Å²) in [7, 11) is 2.67. The van der Waals surface area contributed by atoms with Crippen LogP contribution in [0.15, 0.2) is 27.8 Å². The minimum absolute atomic E-state index is 0.177. The molecule has 0 atom stereocenters. The van der Waals surface area contributed by atoms with Gasteiger partial charge in [-0.2, -0.15) is 0 Å². The van der Waals surface area contributed by atoms with E-state index in [-0.39, 0.29) is 21.3 Å². The fourth-order valence-corrected chi connectivity index (χ4v) is 4.11. The summed E-state index contributed by atoms with van der Waals surface area (Å²) in [6.45, 7) is 0. The summed E-state index contributed by atoms with van der Waals surface area (Å²) in [5.74, 6) is -0.814. The van der Waals surface area contributed by atoms with Gasteiger partial charge < -0.3 is 5.73 Å². The van der Waals surface area contributed by atoms with Crippen molar-refractivity contribution >= 4 is 56.2 Å². The molecule has 0 saturated carbocycles. The summed E-state index contributed by atoms with van der Waals surface area (Å²) in [5, 5.41) is 1.40. The van der Waals surface area contributed by atoms with Crippen molar-refractivity contribution in [2.24, 2.45) is 14.1 Å². The summed E-state index contributed by atoms with van der Waals surface area (Å²) >= 11 is 13.4. The van der Waals surface area contributed by atoms with Gasteiger partial charge in [0, 0.05) is 29.2 Å². The number of nitrogen functional groups attached to an aromatic ring is 1. The van der Waals surface area contributed by atoms with Crippen LogP contribution in [0.1, 0.15) is 15.2 Å². The van der Waals surface area contributed by atoms with Crippen molar-refractivity contribution in [2.75, 3.05) is 5.73 Å². The maximum absolute atomic E-state index is 12.9. The quantitative estimate of drug-likeness (QED) is 0.688. The Morgan fingerprint density at radius 1 is 1.17 bits per heavy atom. The van der Waals surface area contributed by atoms with Crippen LogP contribution in [-0.2, 0) is 14.1 Å². The second-order valence-corrected chi connectivity index (χ2v) is 7.05. The van der Waals surface area contributed by atoms with Crippen LogP contribution in [0, 0.1) is 0 Å². The van der Waals surface area contributed by atoms with Crippen molar-refractivity contribution in [3.63, 3.8) is 0 Å². The predicted molar refractivity (Wildman–Crippen MR) is 96.6 cm³/mol. The van der Waals surface area contributed by atoms with Gasteiger partial charge >= 0.3 is 5.69 Å². The van der Waals surface area contributed by atoms with Crippen molar-refractivity contribution in [1.82, 2.24) is 9.13 Å². The molecule has 0 aliphatic heterocycles. The fourth-order valence-electron chi connectivity index (χ4n) is 2.37. The SMILES string of the molecule is Cn1c(N)c(C(=O)c2sc3cc(Cl)ccc3c2Cl)c(=O)n(C)c1=O. The Balaban J connectivity index is 2.30. The Labute approximate surface area is 149 Å². The first-order valence-electron chi connectivity index (χ1n) is 6.71. The lowest BCUT2D eigenvalue weighted by Gasteiger charge is -2.10. The zero-order chi connectivity index (χ0) is 17.8. The molecule has 2 aromatic heterocycles. The number of ketones is 1. The van der Waals surface area contributed by atoms with Crippen LogP contribution in [0.3, 0.4) is 0 Å². The van der Waals surface area contributed by atoms with Crippen LogP contribution in [0.4, 0.5) is 5.82 Å². The summed E-state index contributed by atoms with van der Waals surface area (Å²) in [6.07, 6.45) is 0. The lowest BCUT2D eigenvalue weighted by Crippen LogP contribution is -2.41. The third kappa shape index (κ3) is 2.36. The van der Waals surface area contributed by atoms with E-state index in [9.17, 15) is 14.4 Å². The van der Waals surface area contributed by atoms with Gasteiger partial charge in [-0.15, -0.1) is 11.3 Å².